The first-order valence-electron chi connectivity index (χ1n) is 7.43. The van der Waals surface area contributed by atoms with Crippen LogP contribution in [0, 0.1) is 0 Å². The quantitative estimate of drug-likeness (QED) is 0.799. The number of benzene rings is 1. The van der Waals surface area contributed by atoms with E-state index in [4.69, 9.17) is 0 Å². The molecule has 0 aliphatic carbocycles. The van der Waals surface area contributed by atoms with Gasteiger partial charge in [-0.2, -0.15) is 4.31 Å². The third kappa shape index (κ3) is 3.63. The van der Waals surface area contributed by atoms with E-state index in [2.05, 4.69) is 20.7 Å². The number of piperidine rings is 1. The maximum Gasteiger partial charge on any atom is 0.240 e. The van der Waals surface area contributed by atoms with Crippen molar-refractivity contribution in [3.8, 4) is 0 Å². The Balaban J connectivity index is 1.75. The monoisotopic (exact) mass is 422 g/mol. The van der Waals surface area contributed by atoms with Crippen molar-refractivity contribution >= 4 is 36.0 Å². The second kappa shape index (κ2) is 6.11. The molecule has 2 aliphatic heterocycles. The number of hydrogen-bond donors (Lipinski definition) is 1. The molecule has 0 amide bonds. The Hall–Kier alpha value is -0.480. The van der Waals surface area contributed by atoms with E-state index >= 15 is 0 Å². The highest BCUT2D eigenvalue weighted by atomic mass is 79.9. The highest BCUT2D eigenvalue weighted by molar-refractivity contribution is 9.10. The molecule has 6 nitrogen and oxygen atoms in total. The number of rotatable bonds is 4. The third-order valence-corrected chi connectivity index (χ3v) is 7.92. The Kier molecular flexibility index (Phi) is 4.61. The second-order valence-electron chi connectivity index (χ2n) is 6.22. The van der Waals surface area contributed by atoms with Gasteiger partial charge < -0.3 is 0 Å². The van der Waals surface area contributed by atoms with E-state index in [1.807, 2.05) is 0 Å². The zero-order valence-electron chi connectivity index (χ0n) is 12.6. The van der Waals surface area contributed by atoms with Crippen LogP contribution in [0.4, 0.5) is 0 Å². The summed E-state index contributed by atoms with van der Waals surface area (Å²) in [6, 6.07) is 6.05. The van der Waals surface area contributed by atoms with Gasteiger partial charge in [0.15, 0.2) is 0 Å². The summed E-state index contributed by atoms with van der Waals surface area (Å²) in [4.78, 5) is 0.221. The Morgan fingerprint density at radius 3 is 2.04 bits per heavy atom. The maximum absolute atomic E-state index is 12.5. The van der Waals surface area contributed by atoms with E-state index in [0.717, 1.165) is 17.3 Å². The van der Waals surface area contributed by atoms with Crippen LogP contribution in [0.2, 0.25) is 0 Å². The Labute approximate surface area is 145 Å². The summed E-state index contributed by atoms with van der Waals surface area (Å²) in [7, 11) is -6.82. The molecule has 0 saturated carbocycles. The van der Waals surface area contributed by atoms with Crippen molar-refractivity contribution in [2.75, 3.05) is 6.26 Å². The molecule has 1 N–H and O–H groups in total. The molecular formula is C14H19BrN2O4S2. The van der Waals surface area contributed by atoms with E-state index in [-0.39, 0.29) is 23.0 Å². The first-order valence-corrected chi connectivity index (χ1v) is 11.6. The van der Waals surface area contributed by atoms with E-state index in [9.17, 15) is 16.8 Å². The van der Waals surface area contributed by atoms with Crippen molar-refractivity contribution in [1.82, 2.24) is 9.03 Å². The molecule has 2 atom stereocenters. The molecule has 1 aromatic carbocycles. The predicted molar refractivity (Wildman–Crippen MR) is 91.0 cm³/mol. The molecule has 2 bridgehead atoms. The first-order chi connectivity index (χ1) is 10.7. The molecule has 1 aromatic rings. The molecule has 2 unspecified atom stereocenters. The van der Waals surface area contributed by atoms with E-state index in [1.54, 1.807) is 28.6 Å². The van der Waals surface area contributed by atoms with Gasteiger partial charge in [-0.05, 0) is 49.9 Å². The molecule has 2 aliphatic rings. The van der Waals surface area contributed by atoms with E-state index in [1.165, 1.54) is 6.26 Å². The van der Waals surface area contributed by atoms with Crippen LogP contribution in [0.25, 0.3) is 0 Å². The summed E-state index contributed by atoms with van der Waals surface area (Å²) in [5.41, 5.74) is 0. The number of sulfonamides is 2. The van der Waals surface area contributed by atoms with Crippen molar-refractivity contribution in [3.05, 3.63) is 28.7 Å². The van der Waals surface area contributed by atoms with Gasteiger partial charge in [0.25, 0.3) is 0 Å². The fraction of sp³-hybridized carbons (Fsp3) is 0.571. The summed E-state index contributed by atoms with van der Waals surface area (Å²) in [5.74, 6) is 0. The van der Waals surface area contributed by atoms with Crippen LogP contribution in [0.5, 0.6) is 0 Å². The molecule has 0 spiro atoms. The van der Waals surface area contributed by atoms with Gasteiger partial charge in [0, 0.05) is 22.6 Å². The minimum atomic E-state index is -3.59. The van der Waals surface area contributed by atoms with Crippen molar-refractivity contribution in [1.29, 1.82) is 0 Å². The summed E-state index contributed by atoms with van der Waals surface area (Å²) >= 11 is 3.28. The second-order valence-corrected chi connectivity index (χ2v) is 10.7. The lowest BCUT2D eigenvalue weighted by molar-refractivity contribution is 0.221. The standard InChI is InChI=1S/C14H19BrN2O4S2/c1-22(18,19)17-12-4-5-13(17)9-11(8-12)16-23(20,21)14-6-2-10(15)3-7-14/h2-3,6-7,11-13,16H,4-5,8-9H2,1H3. The van der Waals surface area contributed by atoms with Crippen molar-refractivity contribution < 1.29 is 16.8 Å². The van der Waals surface area contributed by atoms with Gasteiger partial charge in [-0.3, -0.25) is 0 Å². The summed E-state index contributed by atoms with van der Waals surface area (Å²) < 4.78 is 53.8. The Morgan fingerprint density at radius 2 is 1.57 bits per heavy atom. The lowest BCUT2D eigenvalue weighted by Gasteiger charge is -2.37. The maximum atomic E-state index is 12.5. The molecule has 9 heteroatoms. The van der Waals surface area contributed by atoms with Crippen LogP contribution in [0.3, 0.4) is 0 Å². The first kappa shape index (κ1) is 17.3. The molecule has 128 valence electrons. The normalized spacial score (nSPS) is 28.9. The third-order valence-electron chi connectivity index (χ3n) is 4.49. The number of nitrogens with one attached hydrogen (secondary N) is 1. The average molecular weight is 423 g/mol. The van der Waals surface area contributed by atoms with Gasteiger partial charge in [-0.15, -0.1) is 0 Å². The van der Waals surface area contributed by atoms with E-state index < -0.39 is 20.0 Å². The molecule has 2 saturated heterocycles. The van der Waals surface area contributed by atoms with Crippen LogP contribution in [-0.4, -0.2) is 45.5 Å². The van der Waals surface area contributed by atoms with Crippen LogP contribution in [-0.2, 0) is 20.0 Å². The number of nitrogens with zero attached hydrogens (tertiary/aromatic N) is 1. The topological polar surface area (TPSA) is 83.6 Å². The molecular weight excluding hydrogens is 404 g/mol. The number of hydrogen-bond acceptors (Lipinski definition) is 4. The highest BCUT2D eigenvalue weighted by Gasteiger charge is 2.45. The fourth-order valence-corrected chi connectivity index (χ4v) is 6.67. The van der Waals surface area contributed by atoms with E-state index in [0.29, 0.717) is 12.8 Å². The summed E-state index contributed by atoms with van der Waals surface area (Å²) in [5, 5.41) is 0. The largest absolute Gasteiger partial charge is 0.240 e. The van der Waals surface area contributed by atoms with Gasteiger partial charge in [0.1, 0.15) is 0 Å². The zero-order valence-corrected chi connectivity index (χ0v) is 15.9. The van der Waals surface area contributed by atoms with Crippen molar-refractivity contribution in [2.45, 2.75) is 48.7 Å². The SMILES string of the molecule is CS(=O)(=O)N1C2CCC1CC(NS(=O)(=O)c1ccc(Br)cc1)C2. The van der Waals surface area contributed by atoms with Gasteiger partial charge >= 0.3 is 0 Å². The molecule has 0 aromatic heterocycles. The minimum absolute atomic E-state index is 0.0960. The van der Waals surface area contributed by atoms with Crippen molar-refractivity contribution in [3.63, 3.8) is 0 Å². The van der Waals surface area contributed by atoms with Crippen molar-refractivity contribution in [2.24, 2.45) is 0 Å². The smallest absolute Gasteiger partial charge is 0.212 e. The highest BCUT2D eigenvalue weighted by Crippen LogP contribution is 2.37. The number of fused-ring (bicyclic) bond motifs is 2. The van der Waals surface area contributed by atoms with Gasteiger partial charge in [-0.1, -0.05) is 15.9 Å². The lowest BCUT2D eigenvalue weighted by Crippen LogP contribution is -2.51. The molecule has 2 heterocycles. The fourth-order valence-electron chi connectivity index (χ4n) is 3.67. The summed E-state index contributed by atoms with van der Waals surface area (Å²) in [6.45, 7) is 0. The zero-order chi connectivity index (χ0) is 16.8. The number of halogens is 1. The molecule has 2 fully saturated rings. The summed E-state index contributed by atoms with van der Waals surface area (Å²) in [6.07, 6.45) is 3.88. The van der Waals surface area contributed by atoms with Crippen LogP contribution in [0.1, 0.15) is 25.7 Å². The van der Waals surface area contributed by atoms with Gasteiger partial charge in [0.05, 0.1) is 11.2 Å². The predicted octanol–water partition coefficient (Wildman–Crippen LogP) is 1.68. The van der Waals surface area contributed by atoms with Gasteiger partial charge in [0.2, 0.25) is 20.0 Å². The Morgan fingerprint density at radius 1 is 1.04 bits per heavy atom. The lowest BCUT2D eigenvalue weighted by atomic mass is 10.0. The van der Waals surface area contributed by atoms with Gasteiger partial charge in [-0.25, -0.2) is 21.6 Å². The molecule has 3 rings (SSSR count). The van der Waals surface area contributed by atoms with Crippen LogP contribution in [0.15, 0.2) is 33.6 Å². The molecule has 23 heavy (non-hydrogen) atoms. The Bertz CT molecular complexity index is 779. The van der Waals surface area contributed by atoms with Crippen LogP contribution < -0.4 is 4.72 Å². The average Bonchev–Trinajstić information content (AvgIpc) is 2.72. The minimum Gasteiger partial charge on any atom is -0.212 e. The van der Waals surface area contributed by atoms with Crippen LogP contribution >= 0.6 is 15.9 Å². The molecule has 0 radical (unpaired) electrons.